The number of aliphatic hydroxyl groups excluding tert-OH is 2. The summed E-state index contributed by atoms with van der Waals surface area (Å²) >= 11 is 0. The van der Waals surface area contributed by atoms with Gasteiger partial charge in [0.05, 0.1) is 24.1 Å². The molecule has 0 bridgehead atoms. The molecule has 2 rings (SSSR count). The summed E-state index contributed by atoms with van der Waals surface area (Å²) in [5.41, 5.74) is 0.973. The first-order valence-electron chi connectivity index (χ1n) is 5.26. The van der Waals surface area contributed by atoms with Gasteiger partial charge in [0.2, 0.25) is 0 Å². The van der Waals surface area contributed by atoms with Crippen molar-refractivity contribution in [3.05, 3.63) is 30.3 Å². The van der Waals surface area contributed by atoms with Crippen LogP contribution in [0.4, 0.5) is 10.1 Å². The second-order valence-corrected chi connectivity index (χ2v) is 3.63. The fourth-order valence-electron chi connectivity index (χ4n) is 1.41. The van der Waals surface area contributed by atoms with Crippen molar-refractivity contribution in [3.63, 3.8) is 0 Å². The largest absolute Gasteiger partial charge is 0.394 e. The Hall–Kier alpha value is -2.06. The Labute approximate surface area is 102 Å². The van der Waals surface area contributed by atoms with Crippen LogP contribution in [0.5, 0.6) is 0 Å². The maximum Gasteiger partial charge on any atom is 0.143 e. The lowest BCUT2D eigenvalue weighted by atomic mass is 10.2. The Morgan fingerprint density at radius 2 is 2.28 bits per heavy atom. The molecule has 18 heavy (non-hydrogen) atoms. The van der Waals surface area contributed by atoms with Gasteiger partial charge in [-0.2, -0.15) is 4.68 Å². The molecule has 3 N–H and O–H groups in total. The lowest BCUT2D eigenvalue weighted by Crippen LogP contribution is -2.23. The molecule has 0 radical (unpaired) electrons. The number of aromatic nitrogens is 4. The molecule has 1 aromatic carbocycles. The van der Waals surface area contributed by atoms with E-state index < -0.39 is 11.9 Å². The first kappa shape index (κ1) is 12.4. The quantitative estimate of drug-likeness (QED) is 0.669. The molecule has 0 aliphatic carbocycles. The highest BCUT2D eigenvalue weighted by Gasteiger charge is 2.09. The van der Waals surface area contributed by atoms with E-state index in [1.54, 1.807) is 0 Å². The van der Waals surface area contributed by atoms with Crippen molar-refractivity contribution in [1.29, 1.82) is 0 Å². The van der Waals surface area contributed by atoms with Gasteiger partial charge in [-0.3, -0.25) is 0 Å². The van der Waals surface area contributed by atoms with Gasteiger partial charge in [-0.15, -0.1) is 5.10 Å². The number of nitrogens with zero attached hydrogens (tertiary/aromatic N) is 4. The number of rotatable bonds is 5. The van der Waals surface area contributed by atoms with Crippen LogP contribution in [-0.2, 0) is 0 Å². The number of benzene rings is 1. The van der Waals surface area contributed by atoms with Gasteiger partial charge >= 0.3 is 0 Å². The molecule has 0 aliphatic heterocycles. The van der Waals surface area contributed by atoms with E-state index in [-0.39, 0.29) is 13.2 Å². The van der Waals surface area contributed by atoms with Crippen molar-refractivity contribution in [2.24, 2.45) is 0 Å². The van der Waals surface area contributed by atoms with Gasteiger partial charge < -0.3 is 15.5 Å². The summed E-state index contributed by atoms with van der Waals surface area (Å²) in [7, 11) is 0. The van der Waals surface area contributed by atoms with Gasteiger partial charge in [0, 0.05) is 6.54 Å². The Kier molecular flexibility index (Phi) is 3.80. The summed E-state index contributed by atoms with van der Waals surface area (Å²) in [6, 6.07) is 4.06. The van der Waals surface area contributed by atoms with Crippen molar-refractivity contribution >= 4 is 5.69 Å². The Balaban J connectivity index is 2.24. The monoisotopic (exact) mass is 253 g/mol. The van der Waals surface area contributed by atoms with Crippen LogP contribution < -0.4 is 5.32 Å². The summed E-state index contributed by atoms with van der Waals surface area (Å²) in [5, 5.41) is 31.5. The average Bonchev–Trinajstić information content (AvgIpc) is 2.89. The summed E-state index contributed by atoms with van der Waals surface area (Å²) in [6.07, 6.45) is 0.455. The topological polar surface area (TPSA) is 96.1 Å². The van der Waals surface area contributed by atoms with E-state index in [0.717, 1.165) is 0 Å². The molecule has 0 amide bonds. The summed E-state index contributed by atoms with van der Waals surface area (Å²) in [5.74, 6) is -0.423. The van der Waals surface area contributed by atoms with E-state index in [2.05, 4.69) is 20.8 Å². The average molecular weight is 253 g/mol. The lowest BCUT2D eigenvalue weighted by molar-refractivity contribution is 0.105. The van der Waals surface area contributed by atoms with E-state index in [4.69, 9.17) is 5.11 Å². The molecule has 1 aromatic heterocycles. The minimum atomic E-state index is -0.921. The van der Waals surface area contributed by atoms with Gasteiger partial charge in [0.1, 0.15) is 12.1 Å². The molecule has 8 heteroatoms. The predicted molar refractivity (Wildman–Crippen MR) is 60.7 cm³/mol. The summed E-state index contributed by atoms with van der Waals surface area (Å²) in [4.78, 5) is 0. The molecule has 2 aromatic rings. The van der Waals surface area contributed by atoms with Crippen molar-refractivity contribution in [2.75, 3.05) is 18.5 Å². The number of hydrogen-bond donors (Lipinski definition) is 3. The Morgan fingerprint density at radius 3 is 2.94 bits per heavy atom. The first-order chi connectivity index (χ1) is 8.70. The van der Waals surface area contributed by atoms with Crippen molar-refractivity contribution in [1.82, 2.24) is 20.2 Å². The van der Waals surface area contributed by atoms with Crippen LogP contribution in [-0.4, -0.2) is 49.7 Å². The maximum absolute atomic E-state index is 13.2. The molecule has 96 valence electrons. The SMILES string of the molecule is OCC(O)CNc1cc(F)ccc1-n1cnnn1. The van der Waals surface area contributed by atoms with Gasteiger partial charge in [-0.25, -0.2) is 4.39 Å². The number of tetrazole rings is 1. The van der Waals surface area contributed by atoms with Crippen molar-refractivity contribution in [3.8, 4) is 5.69 Å². The Bertz CT molecular complexity index is 505. The highest BCUT2D eigenvalue weighted by Crippen LogP contribution is 2.20. The van der Waals surface area contributed by atoms with Crippen LogP contribution in [0.2, 0.25) is 0 Å². The normalized spacial score (nSPS) is 12.4. The molecule has 0 spiro atoms. The number of hydrogen-bond acceptors (Lipinski definition) is 6. The first-order valence-corrected chi connectivity index (χ1v) is 5.26. The molecule has 0 saturated heterocycles. The van der Waals surface area contributed by atoms with Crippen LogP contribution >= 0.6 is 0 Å². The van der Waals surface area contributed by atoms with E-state index in [0.29, 0.717) is 11.4 Å². The van der Waals surface area contributed by atoms with Gasteiger partial charge in [0.15, 0.2) is 0 Å². The number of nitrogens with one attached hydrogen (secondary N) is 1. The lowest BCUT2D eigenvalue weighted by Gasteiger charge is -2.13. The number of aliphatic hydroxyl groups is 2. The molecule has 0 aliphatic rings. The van der Waals surface area contributed by atoms with Gasteiger partial charge in [0.25, 0.3) is 0 Å². The number of anilines is 1. The molecule has 0 saturated carbocycles. The predicted octanol–water partition coefficient (Wildman–Crippen LogP) is -0.434. The second kappa shape index (κ2) is 5.52. The number of halogens is 1. The Morgan fingerprint density at radius 1 is 1.44 bits per heavy atom. The third-order valence-electron chi connectivity index (χ3n) is 2.29. The zero-order valence-corrected chi connectivity index (χ0v) is 9.36. The summed E-state index contributed by atoms with van der Waals surface area (Å²) < 4.78 is 14.6. The summed E-state index contributed by atoms with van der Waals surface area (Å²) in [6.45, 7) is -0.280. The third-order valence-corrected chi connectivity index (χ3v) is 2.29. The zero-order chi connectivity index (χ0) is 13.0. The van der Waals surface area contributed by atoms with Crippen LogP contribution in [0.15, 0.2) is 24.5 Å². The molecular formula is C10H12FN5O2. The highest BCUT2D eigenvalue weighted by atomic mass is 19.1. The third kappa shape index (κ3) is 2.79. The maximum atomic E-state index is 13.2. The standard InChI is InChI=1S/C10H12FN5O2/c11-7-1-2-10(16-6-13-14-15-16)9(3-7)12-4-8(18)5-17/h1-3,6,8,12,17-18H,4-5H2. The van der Waals surface area contributed by atoms with Crippen LogP contribution in [0, 0.1) is 5.82 Å². The van der Waals surface area contributed by atoms with Crippen LogP contribution in [0.1, 0.15) is 0 Å². The molecule has 1 heterocycles. The minimum Gasteiger partial charge on any atom is -0.394 e. The molecule has 1 atom stereocenters. The van der Waals surface area contributed by atoms with E-state index in [1.165, 1.54) is 29.2 Å². The van der Waals surface area contributed by atoms with Gasteiger partial charge in [-0.05, 0) is 28.6 Å². The fourth-order valence-corrected chi connectivity index (χ4v) is 1.41. The van der Waals surface area contributed by atoms with E-state index >= 15 is 0 Å². The smallest absolute Gasteiger partial charge is 0.143 e. The van der Waals surface area contributed by atoms with E-state index in [9.17, 15) is 9.50 Å². The van der Waals surface area contributed by atoms with Crippen LogP contribution in [0.25, 0.3) is 5.69 Å². The molecule has 1 unspecified atom stereocenters. The van der Waals surface area contributed by atoms with Gasteiger partial charge in [-0.1, -0.05) is 0 Å². The van der Waals surface area contributed by atoms with E-state index in [1.807, 2.05) is 0 Å². The zero-order valence-electron chi connectivity index (χ0n) is 9.36. The minimum absolute atomic E-state index is 0.0923. The van der Waals surface area contributed by atoms with Crippen LogP contribution in [0.3, 0.4) is 0 Å². The molecular weight excluding hydrogens is 241 g/mol. The highest BCUT2D eigenvalue weighted by molar-refractivity contribution is 5.60. The van der Waals surface area contributed by atoms with Crippen molar-refractivity contribution < 1.29 is 14.6 Å². The van der Waals surface area contributed by atoms with Crippen molar-refractivity contribution in [2.45, 2.75) is 6.10 Å². The second-order valence-electron chi connectivity index (χ2n) is 3.63. The molecule has 7 nitrogen and oxygen atoms in total. The molecule has 0 fully saturated rings. The fraction of sp³-hybridized carbons (Fsp3) is 0.300.